The van der Waals surface area contributed by atoms with E-state index < -0.39 is 29.6 Å². The number of fused-ring (bicyclic) bond motifs is 3. The van der Waals surface area contributed by atoms with Crippen LogP contribution >= 0.6 is 0 Å². The third-order valence-electron chi connectivity index (χ3n) is 6.26. The number of carbonyl (C=O) groups excluding carboxylic acids is 2. The van der Waals surface area contributed by atoms with E-state index in [4.69, 9.17) is 9.47 Å². The molecule has 0 fully saturated rings. The molecule has 176 valence electrons. The largest absolute Gasteiger partial charge is 0.480 e. The first kappa shape index (κ1) is 24.3. The summed E-state index contributed by atoms with van der Waals surface area (Å²) in [6, 6.07) is 14.9. The summed E-state index contributed by atoms with van der Waals surface area (Å²) in [6.45, 7) is 3.34. The summed E-state index contributed by atoms with van der Waals surface area (Å²) in [7, 11) is 1.39. The van der Waals surface area contributed by atoms with Gasteiger partial charge in [0.25, 0.3) is 0 Å². The number of aliphatic carboxylic acids is 1. The van der Waals surface area contributed by atoms with Gasteiger partial charge < -0.3 is 25.2 Å². The van der Waals surface area contributed by atoms with Crippen LogP contribution in [0.15, 0.2) is 48.5 Å². The van der Waals surface area contributed by atoms with Crippen LogP contribution in [0.3, 0.4) is 0 Å². The zero-order chi connectivity index (χ0) is 24.0. The average Bonchev–Trinajstić information content (AvgIpc) is 3.14. The van der Waals surface area contributed by atoms with Crippen molar-refractivity contribution in [3.63, 3.8) is 0 Å². The van der Waals surface area contributed by atoms with Crippen LogP contribution in [0, 0.1) is 0 Å². The van der Waals surface area contributed by atoms with E-state index >= 15 is 0 Å². The van der Waals surface area contributed by atoms with Crippen LogP contribution in [0.4, 0.5) is 4.79 Å². The number of rotatable bonds is 10. The summed E-state index contributed by atoms with van der Waals surface area (Å²) < 4.78 is 10.6. The molecule has 1 atom stereocenters. The number of benzene rings is 2. The van der Waals surface area contributed by atoms with Gasteiger partial charge in [-0.3, -0.25) is 4.79 Å². The molecule has 0 heterocycles. The zero-order valence-corrected chi connectivity index (χ0v) is 19.1. The number of ether oxygens (including phenoxy) is 2. The lowest BCUT2D eigenvalue weighted by atomic mass is 9.92. The Balaban J connectivity index is 1.67. The second kappa shape index (κ2) is 10.5. The zero-order valence-electron chi connectivity index (χ0n) is 19.1. The van der Waals surface area contributed by atoms with E-state index in [-0.39, 0.29) is 32.0 Å². The van der Waals surface area contributed by atoms with Gasteiger partial charge in [0.15, 0.2) is 0 Å². The number of alkyl carbamates (subject to hydrolysis) is 1. The van der Waals surface area contributed by atoms with Crippen LogP contribution in [-0.2, 0) is 19.1 Å². The van der Waals surface area contributed by atoms with Crippen LogP contribution in [0.25, 0.3) is 11.1 Å². The molecule has 8 heteroatoms. The topological polar surface area (TPSA) is 114 Å². The van der Waals surface area contributed by atoms with Gasteiger partial charge >= 0.3 is 12.1 Å². The minimum atomic E-state index is -1.41. The highest BCUT2D eigenvalue weighted by molar-refractivity contribution is 5.91. The van der Waals surface area contributed by atoms with Gasteiger partial charge in [-0.05, 0) is 35.1 Å². The molecule has 2 aromatic rings. The molecule has 0 saturated carbocycles. The Bertz CT molecular complexity index is 972. The van der Waals surface area contributed by atoms with Crippen molar-refractivity contribution in [1.82, 2.24) is 10.6 Å². The highest BCUT2D eigenvalue weighted by Gasteiger charge is 2.38. The summed E-state index contributed by atoms with van der Waals surface area (Å²) in [5.74, 6) is -1.88. The summed E-state index contributed by atoms with van der Waals surface area (Å²) in [6.07, 6.45) is -0.368. The fourth-order valence-electron chi connectivity index (χ4n) is 4.24. The van der Waals surface area contributed by atoms with Crippen molar-refractivity contribution in [2.24, 2.45) is 0 Å². The smallest absolute Gasteiger partial charge is 0.407 e. The summed E-state index contributed by atoms with van der Waals surface area (Å²) >= 11 is 0. The standard InChI is InChI=1S/C25H30N2O6/c1-4-25(5-2,23(29)30)27-22(28)21(15-32-3)26-24(31)33-14-20-18-12-8-6-10-16(18)17-11-7-9-13-19(17)20/h6-13,20-21H,4-5,14-15H2,1-3H3,(H,26,31)(H,27,28)(H,29,30)/t21-/m0/s1. The maximum absolute atomic E-state index is 12.8. The highest BCUT2D eigenvalue weighted by atomic mass is 16.5. The van der Waals surface area contributed by atoms with Crippen LogP contribution in [-0.4, -0.2) is 55.0 Å². The number of carboxylic acid groups (broad SMARTS) is 1. The molecule has 2 amide bonds. The van der Waals surface area contributed by atoms with E-state index in [0.717, 1.165) is 22.3 Å². The van der Waals surface area contributed by atoms with Gasteiger partial charge in [0.05, 0.1) is 6.61 Å². The number of carbonyl (C=O) groups is 3. The third-order valence-corrected chi connectivity index (χ3v) is 6.26. The maximum atomic E-state index is 12.8. The van der Waals surface area contributed by atoms with Crippen LogP contribution in [0.5, 0.6) is 0 Å². The predicted octanol–water partition coefficient (Wildman–Crippen LogP) is 3.30. The number of hydrogen-bond acceptors (Lipinski definition) is 5. The number of amides is 2. The van der Waals surface area contributed by atoms with Crippen LogP contribution < -0.4 is 10.6 Å². The van der Waals surface area contributed by atoms with Gasteiger partial charge in [0.1, 0.15) is 18.2 Å². The van der Waals surface area contributed by atoms with Gasteiger partial charge in [0.2, 0.25) is 5.91 Å². The molecular formula is C25H30N2O6. The lowest BCUT2D eigenvalue weighted by molar-refractivity contribution is -0.148. The van der Waals surface area contributed by atoms with E-state index in [1.165, 1.54) is 7.11 Å². The number of methoxy groups -OCH3 is 1. The van der Waals surface area contributed by atoms with Crippen molar-refractivity contribution < 1.29 is 29.0 Å². The Hall–Kier alpha value is -3.39. The Kier molecular flexibility index (Phi) is 7.71. The molecule has 33 heavy (non-hydrogen) atoms. The van der Waals surface area contributed by atoms with E-state index in [2.05, 4.69) is 10.6 Å². The molecular weight excluding hydrogens is 424 g/mol. The monoisotopic (exact) mass is 454 g/mol. The van der Waals surface area contributed by atoms with Crippen molar-refractivity contribution >= 4 is 18.0 Å². The first-order chi connectivity index (χ1) is 15.9. The Labute approximate surface area is 193 Å². The first-order valence-electron chi connectivity index (χ1n) is 11.0. The molecule has 2 aromatic carbocycles. The van der Waals surface area contributed by atoms with Crippen molar-refractivity contribution in [2.45, 2.75) is 44.2 Å². The molecule has 1 aliphatic carbocycles. The molecule has 0 radical (unpaired) electrons. The van der Waals surface area contributed by atoms with Gasteiger partial charge in [-0.1, -0.05) is 62.4 Å². The Morgan fingerprint density at radius 1 is 1.00 bits per heavy atom. The molecule has 0 aliphatic heterocycles. The van der Waals surface area contributed by atoms with Crippen molar-refractivity contribution in [3.8, 4) is 11.1 Å². The molecule has 0 bridgehead atoms. The number of nitrogens with one attached hydrogen (secondary N) is 2. The van der Waals surface area contributed by atoms with E-state index in [1.54, 1.807) is 13.8 Å². The van der Waals surface area contributed by atoms with Crippen LogP contribution in [0.1, 0.15) is 43.7 Å². The fraction of sp³-hybridized carbons (Fsp3) is 0.400. The van der Waals surface area contributed by atoms with Gasteiger partial charge in [-0.2, -0.15) is 0 Å². The quantitative estimate of drug-likeness (QED) is 0.508. The highest BCUT2D eigenvalue weighted by Crippen LogP contribution is 2.44. The maximum Gasteiger partial charge on any atom is 0.407 e. The second-order valence-electron chi connectivity index (χ2n) is 8.06. The summed E-state index contributed by atoms with van der Waals surface area (Å²) in [4.78, 5) is 37.1. The van der Waals surface area contributed by atoms with Gasteiger partial charge in [-0.15, -0.1) is 0 Å². The molecule has 0 spiro atoms. The minimum absolute atomic E-state index is 0.101. The SMILES string of the molecule is CCC(CC)(NC(=O)[C@H](COC)NC(=O)OCC1c2ccccc2-c2ccccc21)C(=O)O. The normalized spacial score (nSPS) is 13.5. The van der Waals surface area contributed by atoms with E-state index in [0.29, 0.717) is 0 Å². The molecule has 0 unspecified atom stereocenters. The lowest BCUT2D eigenvalue weighted by Crippen LogP contribution is -2.59. The summed E-state index contributed by atoms with van der Waals surface area (Å²) in [5.41, 5.74) is 2.97. The minimum Gasteiger partial charge on any atom is -0.480 e. The fourth-order valence-corrected chi connectivity index (χ4v) is 4.24. The van der Waals surface area contributed by atoms with Crippen molar-refractivity contribution in [3.05, 3.63) is 59.7 Å². The van der Waals surface area contributed by atoms with Crippen LogP contribution in [0.2, 0.25) is 0 Å². The third kappa shape index (κ3) is 5.01. The molecule has 3 rings (SSSR count). The number of hydrogen-bond donors (Lipinski definition) is 3. The van der Waals surface area contributed by atoms with E-state index in [9.17, 15) is 19.5 Å². The Morgan fingerprint density at radius 3 is 2.03 bits per heavy atom. The molecule has 0 saturated heterocycles. The second-order valence-corrected chi connectivity index (χ2v) is 8.06. The molecule has 0 aromatic heterocycles. The summed E-state index contributed by atoms with van der Waals surface area (Å²) in [5, 5.41) is 14.6. The van der Waals surface area contributed by atoms with Crippen molar-refractivity contribution in [1.29, 1.82) is 0 Å². The van der Waals surface area contributed by atoms with E-state index in [1.807, 2.05) is 48.5 Å². The van der Waals surface area contributed by atoms with Gasteiger partial charge in [0, 0.05) is 13.0 Å². The van der Waals surface area contributed by atoms with Gasteiger partial charge in [-0.25, -0.2) is 9.59 Å². The molecule has 8 nitrogen and oxygen atoms in total. The lowest BCUT2D eigenvalue weighted by Gasteiger charge is -2.30. The molecule has 3 N–H and O–H groups in total. The number of carboxylic acids is 1. The average molecular weight is 455 g/mol. The Morgan fingerprint density at radius 2 is 1.55 bits per heavy atom. The van der Waals surface area contributed by atoms with Crippen molar-refractivity contribution in [2.75, 3.05) is 20.3 Å². The molecule has 1 aliphatic rings. The first-order valence-corrected chi connectivity index (χ1v) is 11.0. The predicted molar refractivity (Wildman–Crippen MR) is 123 cm³/mol.